The first kappa shape index (κ1) is 13.1. The van der Waals surface area contributed by atoms with Gasteiger partial charge >= 0.3 is 0 Å². The number of benzene rings is 2. The second kappa shape index (κ2) is 5.55. The third-order valence-corrected chi connectivity index (χ3v) is 3.08. The molecule has 0 unspecified atom stereocenters. The molecule has 0 aliphatic rings. The second-order valence-electron chi connectivity index (χ2n) is 4.04. The van der Waals surface area contributed by atoms with Crippen molar-refractivity contribution in [2.75, 3.05) is 11.9 Å². The number of hydrogen-bond donors (Lipinski definition) is 0. The normalized spacial score (nSPS) is 9.74. The Bertz CT molecular complexity index is 661. The van der Waals surface area contributed by atoms with Crippen LogP contribution >= 0.6 is 11.6 Å². The standard InChI is InChI=1S/C15H11ClN2O/c1-18(14-4-2-3-11(7-14)9-17)15-8-13(16)6-5-12(15)10-19/h2-8,10H,1H3. The number of anilines is 2. The van der Waals surface area contributed by atoms with Crippen LogP contribution in [0, 0.1) is 11.3 Å². The Morgan fingerprint density at radius 2 is 2.05 bits per heavy atom. The van der Waals surface area contributed by atoms with Crippen LogP contribution in [0.25, 0.3) is 0 Å². The van der Waals surface area contributed by atoms with Crippen molar-refractivity contribution < 1.29 is 4.79 Å². The van der Waals surface area contributed by atoms with E-state index in [9.17, 15) is 4.79 Å². The molecule has 2 rings (SSSR count). The molecule has 4 heteroatoms. The number of nitrogens with zero attached hydrogens (tertiary/aromatic N) is 2. The fourth-order valence-electron chi connectivity index (χ4n) is 1.83. The van der Waals surface area contributed by atoms with E-state index in [0.717, 1.165) is 12.0 Å². The molecule has 0 saturated carbocycles. The number of carbonyl (C=O) groups is 1. The van der Waals surface area contributed by atoms with E-state index in [4.69, 9.17) is 16.9 Å². The van der Waals surface area contributed by atoms with E-state index in [-0.39, 0.29) is 0 Å². The quantitative estimate of drug-likeness (QED) is 0.797. The highest BCUT2D eigenvalue weighted by atomic mass is 35.5. The van der Waals surface area contributed by atoms with Crippen molar-refractivity contribution in [3.63, 3.8) is 0 Å². The lowest BCUT2D eigenvalue weighted by molar-refractivity contribution is 0.112. The van der Waals surface area contributed by atoms with E-state index in [0.29, 0.717) is 21.8 Å². The summed E-state index contributed by atoms with van der Waals surface area (Å²) in [6.45, 7) is 0. The van der Waals surface area contributed by atoms with Gasteiger partial charge < -0.3 is 4.90 Å². The van der Waals surface area contributed by atoms with E-state index in [2.05, 4.69) is 6.07 Å². The molecule has 0 fully saturated rings. The zero-order chi connectivity index (χ0) is 13.8. The van der Waals surface area contributed by atoms with Crippen LogP contribution in [0.5, 0.6) is 0 Å². The minimum Gasteiger partial charge on any atom is -0.344 e. The van der Waals surface area contributed by atoms with Gasteiger partial charge in [0.25, 0.3) is 0 Å². The summed E-state index contributed by atoms with van der Waals surface area (Å²) in [7, 11) is 1.83. The maximum atomic E-state index is 11.1. The number of rotatable bonds is 3. The largest absolute Gasteiger partial charge is 0.344 e. The zero-order valence-corrected chi connectivity index (χ0v) is 11.1. The highest BCUT2D eigenvalue weighted by molar-refractivity contribution is 6.31. The van der Waals surface area contributed by atoms with Gasteiger partial charge in [0.1, 0.15) is 0 Å². The van der Waals surface area contributed by atoms with Crippen molar-refractivity contribution in [2.45, 2.75) is 0 Å². The average molecular weight is 271 g/mol. The lowest BCUT2D eigenvalue weighted by Gasteiger charge is -2.21. The lowest BCUT2D eigenvalue weighted by Crippen LogP contribution is -2.11. The highest BCUT2D eigenvalue weighted by Crippen LogP contribution is 2.29. The van der Waals surface area contributed by atoms with E-state index in [1.54, 1.807) is 36.4 Å². The van der Waals surface area contributed by atoms with Gasteiger partial charge in [-0.25, -0.2) is 0 Å². The molecule has 94 valence electrons. The summed E-state index contributed by atoms with van der Waals surface area (Å²) < 4.78 is 0. The average Bonchev–Trinajstić information content (AvgIpc) is 2.46. The first-order valence-corrected chi connectivity index (χ1v) is 6.02. The van der Waals surface area contributed by atoms with Crippen LogP contribution in [0.3, 0.4) is 0 Å². The minimum absolute atomic E-state index is 0.550. The van der Waals surface area contributed by atoms with E-state index < -0.39 is 0 Å². The molecule has 0 heterocycles. The topological polar surface area (TPSA) is 44.1 Å². The molecule has 0 N–H and O–H groups in total. The van der Waals surface area contributed by atoms with E-state index in [1.807, 2.05) is 18.0 Å². The monoisotopic (exact) mass is 270 g/mol. The van der Waals surface area contributed by atoms with Crippen LogP contribution in [-0.2, 0) is 0 Å². The smallest absolute Gasteiger partial charge is 0.152 e. The maximum absolute atomic E-state index is 11.1. The molecule has 0 atom stereocenters. The van der Waals surface area contributed by atoms with E-state index in [1.165, 1.54) is 0 Å². The molecule has 0 spiro atoms. The fraction of sp³-hybridized carbons (Fsp3) is 0.0667. The summed E-state index contributed by atoms with van der Waals surface area (Å²) in [5.74, 6) is 0. The predicted molar refractivity (Wildman–Crippen MR) is 76.1 cm³/mol. The van der Waals surface area contributed by atoms with Gasteiger partial charge in [-0.05, 0) is 36.4 Å². The van der Waals surface area contributed by atoms with Gasteiger partial charge in [-0.15, -0.1) is 0 Å². The number of hydrogen-bond acceptors (Lipinski definition) is 3. The van der Waals surface area contributed by atoms with Crippen LogP contribution in [0.2, 0.25) is 5.02 Å². The van der Waals surface area contributed by atoms with Crippen LogP contribution < -0.4 is 4.90 Å². The molecule has 0 saturated heterocycles. The van der Waals surface area contributed by atoms with Gasteiger partial charge in [-0.2, -0.15) is 5.26 Å². The fourth-order valence-corrected chi connectivity index (χ4v) is 2.00. The van der Waals surface area contributed by atoms with Gasteiger partial charge in [0.2, 0.25) is 0 Å². The highest BCUT2D eigenvalue weighted by Gasteiger charge is 2.10. The van der Waals surface area contributed by atoms with Gasteiger partial charge in [0, 0.05) is 23.3 Å². The third kappa shape index (κ3) is 2.75. The van der Waals surface area contributed by atoms with Crippen molar-refractivity contribution in [2.24, 2.45) is 0 Å². The Morgan fingerprint density at radius 1 is 1.26 bits per heavy atom. The van der Waals surface area contributed by atoms with Crippen LogP contribution in [0.1, 0.15) is 15.9 Å². The minimum atomic E-state index is 0.550. The Kier molecular flexibility index (Phi) is 3.84. The number of aldehydes is 1. The zero-order valence-electron chi connectivity index (χ0n) is 10.3. The summed E-state index contributed by atoms with van der Waals surface area (Å²) in [6.07, 6.45) is 0.788. The summed E-state index contributed by atoms with van der Waals surface area (Å²) in [5, 5.41) is 9.47. The number of halogens is 1. The summed E-state index contributed by atoms with van der Waals surface area (Å²) >= 11 is 5.97. The SMILES string of the molecule is CN(c1cccc(C#N)c1)c1cc(Cl)ccc1C=O. The van der Waals surface area contributed by atoms with Crippen molar-refractivity contribution in [1.82, 2.24) is 0 Å². The molecule has 19 heavy (non-hydrogen) atoms. The maximum Gasteiger partial charge on any atom is 0.152 e. The van der Waals surface area contributed by atoms with Crippen molar-refractivity contribution in [3.8, 4) is 6.07 Å². The molecule has 0 bridgehead atoms. The molecule has 0 aliphatic carbocycles. The summed E-state index contributed by atoms with van der Waals surface area (Å²) in [4.78, 5) is 12.9. The lowest BCUT2D eigenvalue weighted by atomic mass is 10.1. The third-order valence-electron chi connectivity index (χ3n) is 2.84. The molecule has 0 amide bonds. The molecule has 2 aromatic rings. The van der Waals surface area contributed by atoms with Gasteiger partial charge in [-0.1, -0.05) is 17.7 Å². The van der Waals surface area contributed by atoms with Crippen molar-refractivity contribution >= 4 is 29.3 Å². The summed E-state index contributed by atoms with van der Waals surface area (Å²) in [5.41, 5.74) is 2.65. The molecule has 0 aliphatic heterocycles. The van der Waals surface area contributed by atoms with Crippen molar-refractivity contribution in [3.05, 3.63) is 58.6 Å². The Labute approximate surface area is 116 Å². The second-order valence-corrected chi connectivity index (χ2v) is 4.48. The number of carbonyl (C=O) groups excluding carboxylic acids is 1. The first-order chi connectivity index (χ1) is 9.15. The Morgan fingerprint density at radius 3 is 2.74 bits per heavy atom. The van der Waals surface area contributed by atoms with Crippen LogP contribution in [0.15, 0.2) is 42.5 Å². The first-order valence-electron chi connectivity index (χ1n) is 5.64. The Balaban J connectivity index is 2.49. The molecular formula is C15H11ClN2O. The predicted octanol–water partition coefficient (Wildman–Crippen LogP) is 3.79. The molecule has 0 radical (unpaired) electrons. The molecule has 0 aromatic heterocycles. The van der Waals surface area contributed by atoms with Crippen molar-refractivity contribution in [1.29, 1.82) is 5.26 Å². The number of nitriles is 1. The van der Waals surface area contributed by atoms with Crippen LogP contribution in [-0.4, -0.2) is 13.3 Å². The Hall–Kier alpha value is -2.31. The molecule has 2 aromatic carbocycles. The summed E-state index contributed by atoms with van der Waals surface area (Å²) in [6, 6.07) is 14.3. The van der Waals surface area contributed by atoms with Gasteiger partial charge in [0.15, 0.2) is 6.29 Å². The van der Waals surface area contributed by atoms with Gasteiger partial charge in [0.05, 0.1) is 17.3 Å². The van der Waals surface area contributed by atoms with Crippen LogP contribution in [0.4, 0.5) is 11.4 Å². The molecular weight excluding hydrogens is 260 g/mol. The van der Waals surface area contributed by atoms with Gasteiger partial charge in [-0.3, -0.25) is 4.79 Å². The van der Waals surface area contributed by atoms with E-state index >= 15 is 0 Å². The molecule has 3 nitrogen and oxygen atoms in total.